The Kier molecular flexibility index (Phi) is 4.66. The van der Waals surface area contributed by atoms with E-state index in [0.717, 1.165) is 19.3 Å². The molecule has 0 spiro atoms. The lowest BCUT2D eigenvalue weighted by Gasteiger charge is -2.57. The van der Waals surface area contributed by atoms with Crippen LogP contribution in [0.25, 0.3) is 0 Å². The summed E-state index contributed by atoms with van der Waals surface area (Å²) in [6.07, 6.45) is 6.23. The highest BCUT2D eigenvalue weighted by Gasteiger charge is 2.58. The molecule has 0 aliphatic heterocycles. The van der Waals surface area contributed by atoms with E-state index >= 15 is 0 Å². The molecule has 0 aromatic rings. The van der Waals surface area contributed by atoms with Crippen LogP contribution in [0.15, 0.2) is 11.1 Å². The summed E-state index contributed by atoms with van der Waals surface area (Å²) in [5, 5.41) is 0. The number of rotatable bonds is 3. The fourth-order valence-corrected chi connectivity index (χ4v) is 6.45. The summed E-state index contributed by atoms with van der Waals surface area (Å²) in [4.78, 5) is 23.9. The molecule has 0 N–H and O–H groups in total. The highest BCUT2D eigenvalue weighted by Crippen LogP contribution is 2.66. The molecule has 3 nitrogen and oxygen atoms in total. The largest absolute Gasteiger partial charge is 0.462 e. The van der Waals surface area contributed by atoms with Gasteiger partial charge in [0.15, 0.2) is 0 Å². The molecule has 3 aliphatic carbocycles. The number of allylic oxidation sites excluding steroid dienone is 2. The van der Waals surface area contributed by atoms with Gasteiger partial charge in [-0.05, 0) is 68.1 Å². The molecule has 0 aromatic carbocycles. The van der Waals surface area contributed by atoms with E-state index in [1.807, 2.05) is 0 Å². The summed E-state index contributed by atoms with van der Waals surface area (Å²) < 4.78 is 5.61. The quantitative estimate of drug-likeness (QED) is 0.528. The van der Waals surface area contributed by atoms with Crippen molar-refractivity contribution in [3.63, 3.8) is 0 Å². The molecule has 0 saturated heterocycles. The maximum atomic E-state index is 12.3. The summed E-state index contributed by atoms with van der Waals surface area (Å²) in [6, 6.07) is 0. The number of carbonyl (C=O) groups is 2. The molecule has 0 heterocycles. The zero-order valence-corrected chi connectivity index (χ0v) is 16.8. The Bertz CT molecular complexity index is 617. The molecule has 3 rings (SSSR count). The van der Waals surface area contributed by atoms with Crippen LogP contribution < -0.4 is 0 Å². The standard InChI is InChI=1S/C22H34O3/c1-13(2)16-7-10-22(6)18(16)8-9-21(5)12-19(25-15(4)24)17(14(3)23)11-20(21)22/h13,17,19-20H,7-12H2,1-6H3. The first kappa shape index (κ1) is 18.7. The Balaban J connectivity index is 1.97. The van der Waals surface area contributed by atoms with Gasteiger partial charge >= 0.3 is 5.97 Å². The summed E-state index contributed by atoms with van der Waals surface area (Å²) in [5.41, 5.74) is 3.75. The molecule has 5 atom stereocenters. The predicted octanol–water partition coefficient (Wildman–Crippen LogP) is 5.09. The van der Waals surface area contributed by atoms with Gasteiger partial charge in [-0.1, -0.05) is 38.8 Å². The lowest BCUT2D eigenvalue weighted by atomic mass is 9.47. The van der Waals surface area contributed by atoms with Crippen molar-refractivity contribution in [3.05, 3.63) is 11.1 Å². The molecule has 3 heteroatoms. The molecule has 0 bridgehead atoms. The number of fused-ring (bicyclic) bond motifs is 3. The summed E-state index contributed by atoms with van der Waals surface area (Å²) in [6.45, 7) is 12.6. The van der Waals surface area contributed by atoms with Crippen LogP contribution in [-0.2, 0) is 14.3 Å². The van der Waals surface area contributed by atoms with Crippen LogP contribution in [0.2, 0.25) is 0 Å². The van der Waals surface area contributed by atoms with Gasteiger partial charge in [0, 0.05) is 6.92 Å². The normalized spacial score (nSPS) is 40.7. The van der Waals surface area contributed by atoms with Gasteiger partial charge < -0.3 is 4.74 Å². The molecular formula is C22H34O3. The van der Waals surface area contributed by atoms with Crippen molar-refractivity contribution in [1.29, 1.82) is 0 Å². The number of esters is 1. The Morgan fingerprint density at radius 2 is 1.80 bits per heavy atom. The third-order valence-corrected chi connectivity index (χ3v) is 7.69. The second kappa shape index (κ2) is 6.25. The van der Waals surface area contributed by atoms with Gasteiger partial charge in [-0.2, -0.15) is 0 Å². The number of hydrogen-bond donors (Lipinski definition) is 0. The molecule has 25 heavy (non-hydrogen) atoms. The van der Waals surface area contributed by atoms with Crippen molar-refractivity contribution in [2.75, 3.05) is 0 Å². The lowest BCUT2D eigenvalue weighted by molar-refractivity contribution is -0.164. The molecule has 2 saturated carbocycles. The third kappa shape index (κ3) is 2.98. The van der Waals surface area contributed by atoms with Crippen molar-refractivity contribution in [2.24, 2.45) is 28.6 Å². The number of ether oxygens (including phenoxy) is 1. The molecule has 140 valence electrons. The fraction of sp³-hybridized carbons (Fsp3) is 0.818. The lowest BCUT2D eigenvalue weighted by Crippen LogP contribution is -2.53. The van der Waals surface area contributed by atoms with E-state index in [4.69, 9.17) is 4.74 Å². The molecule has 0 radical (unpaired) electrons. The molecule has 0 amide bonds. The molecular weight excluding hydrogens is 312 g/mol. The van der Waals surface area contributed by atoms with Crippen molar-refractivity contribution in [2.45, 2.75) is 86.2 Å². The topological polar surface area (TPSA) is 43.4 Å². The molecule has 3 aliphatic rings. The highest BCUT2D eigenvalue weighted by molar-refractivity contribution is 5.79. The van der Waals surface area contributed by atoms with Crippen LogP contribution in [0.1, 0.15) is 80.1 Å². The first-order valence-corrected chi connectivity index (χ1v) is 9.98. The van der Waals surface area contributed by atoms with E-state index in [1.54, 1.807) is 18.1 Å². The van der Waals surface area contributed by atoms with Crippen LogP contribution in [0.5, 0.6) is 0 Å². The monoisotopic (exact) mass is 346 g/mol. The van der Waals surface area contributed by atoms with Gasteiger partial charge in [-0.15, -0.1) is 0 Å². The maximum Gasteiger partial charge on any atom is 0.302 e. The summed E-state index contributed by atoms with van der Waals surface area (Å²) in [7, 11) is 0. The fourth-order valence-electron chi connectivity index (χ4n) is 6.45. The first-order valence-electron chi connectivity index (χ1n) is 9.98. The van der Waals surface area contributed by atoms with E-state index in [9.17, 15) is 9.59 Å². The second-order valence-electron chi connectivity index (χ2n) is 9.59. The summed E-state index contributed by atoms with van der Waals surface area (Å²) >= 11 is 0. The van der Waals surface area contributed by atoms with Gasteiger partial charge in [-0.25, -0.2) is 0 Å². The summed E-state index contributed by atoms with van der Waals surface area (Å²) in [5.74, 6) is 0.920. The van der Waals surface area contributed by atoms with Gasteiger partial charge in [0.05, 0.1) is 5.92 Å². The van der Waals surface area contributed by atoms with E-state index in [1.165, 1.54) is 26.2 Å². The van der Waals surface area contributed by atoms with E-state index in [2.05, 4.69) is 27.7 Å². The highest BCUT2D eigenvalue weighted by atomic mass is 16.5. The smallest absolute Gasteiger partial charge is 0.302 e. The number of carbonyl (C=O) groups excluding carboxylic acids is 2. The van der Waals surface area contributed by atoms with Crippen LogP contribution in [0, 0.1) is 28.6 Å². The van der Waals surface area contributed by atoms with E-state index in [-0.39, 0.29) is 34.6 Å². The minimum absolute atomic E-state index is 0.138. The third-order valence-electron chi connectivity index (χ3n) is 7.69. The van der Waals surface area contributed by atoms with Crippen LogP contribution >= 0.6 is 0 Å². The number of ketones is 1. The van der Waals surface area contributed by atoms with Gasteiger partial charge in [0.1, 0.15) is 11.9 Å². The van der Waals surface area contributed by atoms with Crippen molar-refractivity contribution >= 4 is 11.8 Å². The Morgan fingerprint density at radius 3 is 2.36 bits per heavy atom. The minimum Gasteiger partial charge on any atom is -0.462 e. The van der Waals surface area contributed by atoms with Crippen LogP contribution in [-0.4, -0.2) is 17.9 Å². The van der Waals surface area contributed by atoms with Gasteiger partial charge in [0.25, 0.3) is 0 Å². The number of Topliss-reactive ketones (excluding diaryl/α,β-unsaturated/α-hetero) is 1. The Hall–Kier alpha value is -1.12. The molecule has 5 unspecified atom stereocenters. The maximum absolute atomic E-state index is 12.3. The van der Waals surface area contributed by atoms with Crippen LogP contribution in [0.3, 0.4) is 0 Å². The van der Waals surface area contributed by atoms with Crippen LogP contribution in [0.4, 0.5) is 0 Å². The molecule has 0 aromatic heterocycles. The average Bonchev–Trinajstić information content (AvgIpc) is 2.82. The van der Waals surface area contributed by atoms with Gasteiger partial charge in [0.2, 0.25) is 0 Å². The predicted molar refractivity (Wildman–Crippen MR) is 99.0 cm³/mol. The Labute approximate surface area is 152 Å². The SMILES string of the molecule is CC(=O)OC1CC2(C)CCC3=C(C(C)C)CCC3(C)C2CC1C(C)=O. The first-order chi connectivity index (χ1) is 11.6. The average molecular weight is 347 g/mol. The van der Waals surface area contributed by atoms with Crippen molar-refractivity contribution in [3.8, 4) is 0 Å². The van der Waals surface area contributed by atoms with Gasteiger partial charge in [-0.3, -0.25) is 9.59 Å². The zero-order valence-electron chi connectivity index (χ0n) is 16.8. The Morgan fingerprint density at radius 1 is 1.12 bits per heavy atom. The van der Waals surface area contributed by atoms with E-state index < -0.39 is 0 Å². The zero-order chi connectivity index (χ0) is 18.6. The second-order valence-corrected chi connectivity index (χ2v) is 9.59. The van der Waals surface area contributed by atoms with Crippen molar-refractivity contribution in [1.82, 2.24) is 0 Å². The minimum atomic E-state index is -0.260. The van der Waals surface area contributed by atoms with E-state index in [0.29, 0.717) is 11.8 Å². The number of hydrogen-bond acceptors (Lipinski definition) is 3. The molecule has 2 fully saturated rings. The van der Waals surface area contributed by atoms with Crippen molar-refractivity contribution < 1.29 is 14.3 Å².